The maximum atomic E-state index is 14.7. The third kappa shape index (κ3) is 4.95. The fourth-order valence-electron chi connectivity index (χ4n) is 3.37. The zero-order valence-corrected chi connectivity index (χ0v) is 17.6. The molecule has 4 heteroatoms. The molecule has 0 aliphatic rings. The van der Waals surface area contributed by atoms with Gasteiger partial charge in [0.05, 0.1) is 12.2 Å². The van der Waals surface area contributed by atoms with Gasteiger partial charge in [0.1, 0.15) is 23.2 Å². The predicted molar refractivity (Wildman–Crippen MR) is 122 cm³/mol. The molecule has 0 saturated heterocycles. The molecule has 0 unspecified atom stereocenters. The fraction of sp³-hybridized carbons (Fsp3) is 0.143. The van der Waals surface area contributed by atoms with Crippen LogP contribution in [0.1, 0.15) is 30.9 Å². The van der Waals surface area contributed by atoms with Gasteiger partial charge in [-0.15, -0.1) is 0 Å². The van der Waals surface area contributed by atoms with E-state index < -0.39 is 11.6 Å². The first-order valence-corrected chi connectivity index (χ1v) is 10.5. The Hall–Kier alpha value is -3.71. The van der Waals surface area contributed by atoms with Gasteiger partial charge in [0.2, 0.25) is 0 Å². The lowest BCUT2D eigenvalue weighted by molar-refractivity contribution is 0.309. The van der Waals surface area contributed by atoms with Crippen LogP contribution in [-0.2, 0) is 0 Å². The van der Waals surface area contributed by atoms with E-state index >= 15 is 0 Å². The average Bonchev–Trinajstić information content (AvgIpc) is 2.79. The van der Waals surface area contributed by atoms with E-state index in [2.05, 4.69) is 18.8 Å². The second kappa shape index (κ2) is 9.62. The summed E-state index contributed by atoms with van der Waals surface area (Å²) in [6.45, 7) is 2.73. The van der Waals surface area contributed by atoms with Gasteiger partial charge in [-0.3, -0.25) is 0 Å². The number of benzene rings is 4. The Kier molecular flexibility index (Phi) is 6.47. The third-order valence-corrected chi connectivity index (χ3v) is 5.13. The molecule has 4 aromatic rings. The molecule has 0 bridgehead atoms. The van der Waals surface area contributed by atoms with Crippen molar-refractivity contribution in [1.29, 1.82) is 0 Å². The SMILES string of the molecule is CCCCOc1ccc(-c2cc(F)c(C#Cc3ccc4cc(F)ccc4c3)c(F)c2)cc1. The number of hydrogen-bond donors (Lipinski definition) is 0. The second-order valence-electron chi connectivity index (χ2n) is 7.50. The first kappa shape index (κ1) is 21.5. The van der Waals surface area contributed by atoms with Crippen molar-refractivity contribution < 1.29 is 17.9 Å². The number of fused-ring (bicyclic) bond motifs is 1. The Morgan fingerprint density at radius 2 is 1.41 bits per heavy atom. The Bertz CT molecular complexity index is 1290. The maximum absolute atomic E-state index is 14.7. The van der Waals surface area contributed by atoms with Gasteiger partial charge in [-0.25, -0.2) is 13.2 Å². The second-order valence-corrected chi connectivity index (χ2v) is 7.50. The van der Waals surface area contributed by atoms with Crippen molar-refractivity contribution in [2.75, 3.05) is 6.61 Å². The quantitative estimate of drug-likeness (QED) is 0.235. The summed E-state index contributed by atoms with van der Waals surface area (Å²) in [4.78, 5) is 0. The van der Waals surface area contributed by atoms with Crippen molar-refractivity contribution in [2.45, 2.75) is 19.8 Å². The van der Waals surface area contributed by atoms with E-state index in [0.717, 1.165) is 29.4 Å². The number of ether oxygens (including phenoxy) is 1. The van der Waals surface area contributed by atoms with Crippen LogP contribution in [0.2, 0.25) is 0 Å². The Balaban J connectivity index is 1.57. The predicted octanol–water partition coefficient (Wildman–Crippen LogP) is 7.50. The van der Waals surface area contributed by atoms with Crippen molar-refractivity contribution in [3.63, 3.8) is 0 Å². The largest absolute Gasteiger partial charge is 0.494 e. The van der Waals surface area contributed by atoms with Crippen LogP contribution in [0.25, 0.3) is 21.9 Å². The first-order chi connectivity index (χ1) is 15.5. The molecular weight excluding hydrogens is 409 g/mol. The molecule has 0 saturated carbocycles. The summed E-state index contributed by atoms with van der Waals surface area (Å²) in [5, 5.41) is 1.54. The number of rotatable bonds is 5. The van der Waals surface area contributed by atoms with E-state index in [1.54, 1.807) is 48.5 Å². The number of halogens is 3. The highest BCUT2D eigenvalue weighted by Crippen LogP contribution is 2.26. The standard InChI is InChI=1S/C28H21F3O/c1-2-3-14-32-25-11-8-20(9-12-25)23-17-27(30)26(28(31)18-23)13-5-19-4-6-22-16-24(29)10-7-21(22)15-19/h4,6-12,15-18H,2-3,14H2,1H3. The van der Waals surface area contributed by atoms with Crippen LogP contribution in [0.3, 0.4) is 0 Å². The molecule has 4 rings (SSSR count). The van der Waals surface area contributed by atoms with Crippen LogP contribution in [0.15, 0.2) is 72.8 Å². The minimum atomic E-state index is -0.723. The molecule has 0 aromatic heterocycles. The first-order valence-electron chi connectivity index (χ1n) is 10.5. The minimum Gasteiger partial charge on any atom is -0.494 e. The molecule has 32 heavy (non-hydrogen) atoms. The maximum Gasteiger partial charge on any atom is 0.142 e. The van der Waals surface area contributed by atoms with Gasteiger partial charge >= 0.3 is 0 Å². The van der Waals surface area contributed by atoms with Crippen LogP contribution in [-0.4, -0.2) is 6.61 Å². The molecule has 160 valence electrons. The molecule has 0 spiro atoms. The van der Waals surface area contributed by atoms with Crippen LogP contribution >= 0.6 is 0 Å². The molecule has 0 aliphatic heterocycles. The van der Waals surface area contributed by atoms with Crippen LogP contribution in [0.5, 0.6) is 5.75 Å². The fourth-order valence-corrected chi connectivity index (χ4v) is 3.37. The summed E-state index contributed by atoms with van der Waals surface area (Å²) in [6.07, 6.45) is 2.02. The van der Waals surface area contributed by atoms with Gasteiger partial charge in [-0.1, -0.05) is 49.5 Å². The highest BCUT2D eigenvalue weighted by atomic mass is 19.1. The third-order valence-electron chi connectivity index (χ3n) is 5.13. The van der Waals surface area contributed by atoms with E-state index in [4.69, 9.17) is 4.74 Å². The van der Waals surface area contributed by atoms with E-state index in [1.165, 1.54) is 24.3 Å². The zero-order valence-electron chi connectivity index (χ0n) is 17.6. The van der Waals surface area contributed by atoms with E-state index in [1.807, 2.05) is 0 Å². The lowest BCUT2D eigenvalue weighted by Crippen LogP contribution is -1.96. The summed E-state index contributed by atoms with van der Waals surface area (Å²) in [7, 11) is 0. The minimum absolute atomic E-state index is 0.285. The molecular formula is C28H21F3O. The molecule has 0 N–H and O–H groups in total. The lowest BCUT2D eigenvalue weighted by atomic mass is 10.0. The lowest BCUT2D eigenvalue weighted by Gasteiger charge is -2.08. The molecule has 4 aromatic carbocycles. The molecule has 1 nitrogen and oxygen atoms in total. The van der Waals surface area contributed by atoms with Crippen molar-refractivity contribution in [1.82, 2.24) is 0 Å². The van der Waals surface area contributed by atoms with Gasteiger partial charge in [0, 0.05) is 5.56 Å². The molecule has 0 heterocycles. The Labute approximate surface area is 185 Å². The molecule has 0 atom stereocenters. The molecule has 0 fully saturated rings. The molecule has 0 amide bonds. The summed E-state index contributed by atoms with van der Waals surface area (Å²) in [5.74, 6) is 4.35. The van der Waals surface area contributed by atoms with Crippen LogP contribution < -0.4 is 4.74 Å². The summed E-state index contributed by atoms with van der Waals surface area (Å²) in [6, 6.07) is 19.3. The zero-order chi connectivity index (χ0) is 22.5. The Morgan fingerprint density at radius 1 is 0.719 bits per heavy atom. The van der Waals surface area contributed by atoms with Crippen molar-refractivity contribution in [3.05, 3.63) is 101 Å². The molecule has 0 aliphatic carbocycles. The summed E-state index contributed by atoms with van der Waals surface area (Å²) >= 11 is 0. The van der Waals surface area contributed by atoms with E-state index in [-0.39, 0.29) is 11.4 Å². The van der Waals surface area contributed by atoms with E-state index in [9.17, 15) is 13.2 Å². The number of unbranched alkanes of at least 4 members (excludes halogenated alkanes) is 1. The van der Waals surface area contributed by atoms with Crippen molar-refractivity contribution in [2.24, 2.45) is 0 Å². The number of hydrogen-bond acceptors (Lipinski definition) is 1. The Morgan fingerprint density at radius 3 is 2.12 bits per heavy atom. The highest BCUT2D eigenvalue weighted by molar-refractivity contribution is 5.84. The molecule has 0 radical (unpaired) electrons. The monoisotopic (exact) mass is 430 g/mol. The van der Waals surface area contributed by atoms with Gasteiger partial charge < -0.3 is 4.74 Å². The smallest absolute Gasteiger partial charge is 0.142 e. The van der Waals surface area contributed by atoms with Gasteiger partial charge in [0.15, 0.2) is 0 Å². The van der Waals surface area contributed by atoms with Crippen molar-refractivity contribution in [3.8, 4) is 28.7 Å². The highest BCUT2D eigenvalue weighted by Gasteiger charge is 2.11. The normalized spacial score (nSPS) is 10.6. The van der Waals surface area contributed by atoms with Gasteiger partial charge in [0.25, 0.3) is 0 Å². The van der Waals surface area contributed by atoms with Gasteiger partial charge in [-0.05, 0) is 76.9 Å². The van der Waals surface area contributed by atoms with Crippen LogP contribution in [0, 0.1) is 29.3 Å². The summed E-state index contributed by atoms with van der Waals surface area (Å²) < 4.78 is 48.3. The summed E-state index contributed by atoms with van der Waals surface area (Å²) in [5.41, 5.74) is 1.42. The average molecular weight is 430 g/mol. The van der Waals surface area contributed by atoms with E-state index in [0.29, 0.717) is 23.3 Å². The topological polar surface area (TPSA) is 9.23 Å². The van der Waals surface area contributed by atoms with Gasteiger partial charge in [-0.2, -0.15) is 0 Å². The van der Waals surface area contributed by atoms with Crippen molar-refractivity contribution >= 4 is 10.8 Å². The van der Waals surface area contributed by atoms with Crippen LogP contribution in [0.4, 0.5) is 13.2 Å².